The van der Waals surface area contributed by atoms with Crippen molar-refractivity contribution in [3.8, 4) is 0 Å². The number of imidazole rings is 1. The minimum Gasteiger partial charge on any atom is -0.364 e. The van der Waals surface area contributed by atoms with Gasteiger partial charge in [-0.05, 0) is 56.8 Å². The summed E-state index contributed by atoms with van der Waals surface area (Å²) in [6.45, 7) is 1.01. The maximum Gasteiger partial charge on any atom is 0.416 e. The van der Waals surface area contributed by atoms with E-state index in [0.717, 1.165) is 31.6 Å². The molecule has 0 aromatic carbocycles. The number of rotatable bonds is 9. The van der Waals surface area contributed by atoms with Crippen LogP contribution in [0.25, 0.3) is 11.2 Å². The highest BCUT2D eigenvalue weighted by atomic mass is 19.4. The zero-order chi connectivity index (χ0) is 29.7. The molecular weight excluding hydrogens is 559 g/mol. The Bertz CT molecular complexity index is 1450. The zero-order valence-electron chi connectivity index (χ0n) is 22.2. The third-order valence-electron chi connectivity index (χ3n) is 7.05. The molecule has 2 fully saturated rings. The number of aromatic amines is 1. The number of fused-ring (bicyclic) bond motifs is 1. The second kappa shape index (κ2) is 10.2. The molecule has 222 valence electrons. The SMILES string of the molecule is Cc1nonc1C(=O)N[C@@H](COC(C)(C)C(F)(F)F)c1nc2nc([C@@H](C3CC3)N3CC(F)(F)CNC3=O)ccc2[nH]1. The highest BCUT2D eigenvalue weighted by Crippen LogP contribution is 2.45. The number of carbonyl (C=O) groups is 2. The number of carbonyl (C=O) groups excluding carboxylic acids is 2. The summed E-state index contributed by atoms with van der Waals surface area (Å²) in [5.41, 5.74) is -1.75. The number of ether oxygens (including phenoxy) is 1. The number of urea groups is 1. The van der Waals surface area contributed by atoms with Gasteiger partial charge in [-0.3, -0.25) is 4.79 Å². The van der Waals surface area contributed by atoms with Gasteiger partial charge in [0.2, 0.25) is 0 Å². The molecule has 1 saturated heterocycles. The molecule has 0 spiro atoms. The number of halogens is 5. The van der Waals surface area contributed by atoms with Crippen molar-refractivity contribution in [3.63, 3.8) is 0 Å². The van der Waals surface area contributed by atoms with Crippen molar-refractivity contribution < 1.29 is 40.9 Å². The highest BCUT2D eigenvalue weighted by molar-refractivity contribution is 5.93. The summed E-state index contributed by atoms with van der Waals surface area (Å²) in [5.74, 6) is -3.95. The lowest BCUT2D eigenvalue weighted by Gasteiger charge is -2.38. The molecule has 2 atom stereocenters. The fraction of sp³-hybridized carbons (Fsp3) is 0.583. The van der Waals surface area contributed by atoms with Crippen molar-refractivity contribution in [1.82, 2.24) is 40.8 Å². The van der Waals surface area contributed by atoms with E-state index >= 15 is 0 Å². The Morgan fingerprint density at radius 1 is 1.24 bits per heavy atom. The molecule has 3 aromatic heterocycles. The quantitative estimate of drug-likeness (QED) is 0.322. The van der Waals surface area contributed by atoms with E-state index < -0.39 is 61.4 Å². The molecule has 0 unspecified atom stereocenters. The van der Waals surface area contributed by atoms with Crippen LogP contribution >= 0.6 is 0 Å². The van der Waals surface area contributed by atoms with Gasteiger partial charge in [0.05, 0.1) is 36.9 Å². The van der Waals surface area contributed by atoms with Crippen LogP contribution in [0.2, 0.25) is 0 Å². The fourth-order valence-corrected chi connectivity index (χ4v) is 4.46. The normalized spacial score (nSPS) is 19.2. The molecule has 3 amide bonds. The van der Waals surface area contributed by atoms with E-state index in [9.17, 15) is 31.5 Å². The van der Waals surface area contributed by atoms with Gasteiger partial charge in [-0.1, -0.05) is 5.16 Å². The van der Waals surface area contributed by atoms with Gasteiger partial charge in [0.15, 0.2) is 16.9 Å². The Morgan fingerprint density at radius 2 is 1.98 bits per heavy atom. The summed E-state index contributed by atoms with van der Waals surface area (Å²) in [6.07, 6.45) is -3.25. The largest absolute Gasteiger partial charge is 0.416 e. The molecule has 0 bridgehead atoms. The monoisotopic (exact) mass is 586 g/mol. The van der Waals surface area contributed by atoms with E-state index in [1.165, 1.54) is 6.92 Å². The van der Waals surface area contributed by atoms with Crippen LogP contribution in [0.5, 0.6) is 0 Å². The number of H-pyrrole nitrogens is 1. The van der Waals surface area contributed by atoms with Crippen molar-refractivity contribution in [3.05, 3.63) is 35.0 Å². The van der Waals surface area contributed by atoms with E-state index in [4.69, 9.17) is 4.74 Å². The summed E-state index contributed by atoms with van der Waals surface area (Å²) in [5, 5.41) is 11.8. The molecule has 1 saturated carbocycles. The Labute approximate surface area is 229 Å². The van der Waals surface area contributed by atoms with E-state index in [1.807, 2.05) is 0 Å². The van der Waals surface area contributed by atoms with Gasteiger partial charge in [0.1, 0.15) is 17.6 Å². The molecule has 3 aromatic rings. The average molecular weight is 587 g/mol. The Hall–Kier alpha value is -3.89. The number of alkyl halides is 5. The first-order valence-corrected chi connectivity index (χ1v) is 12.7. The van der Waals surface area contributed by atoms with Gasteiger partial charge in [-0.15, -0.1) is 0 Å². The first kappa shape index (κ1) is 28.6. The van der Waals surface area contributed by atoms with Gasteiger partial charge in [0, 0.05) is 0 Å². The predicted octanol–water partition coefficient (Wildman–Crippen LogP) is 3.59. The minimum atomic E-state index is -4.70. The fourth-order valence-electron chi connectivity index (χ4n) is 4.46. The standard InChI is InChI=1S/C24H27F5N8O4/c1-11-16(36-41-35-11)20(38)33-15(8-40-22(2,3)24(27,28)29)19-32-14-7-6-13(31-18(14)34-19)17(12-4-5-12)37-10-23(25,26)9-30-21(37)39/h6-7,12,15,17H,4-5,8-10H2,1-3H3,(H,30,39)(H,33,38)(H,31,32,34)/t15-,17+/m0/s1. The summed E-state index contributed by atoms with van der Waals surface area (Å²) < 4.78 is 78.4. The molecule has 5 rings (SSSR count). The molecular formula is C24H27F5N8O4. The number of pyridine rings is 1. The number of aromatic nitrogens is 5. The van der Waals surface area contributed by atoms with Crippen LogP contribution in [0.4, 0.5) is 26.7 Å². The van der Waals surface area contributed by atoms with Crippen molar-refractivity contribution in [2.24, 2.45) is 5.92 Å². The van der Waals surface area contributed by atoms with Crippen LogP contribution in [0.15, 0.2) is 16.8 Å². The van der Waals surface area contributed by atoms with E-state index in [1.54, 1.807) is 12.1 Å². The molecule has 17 heteroatoms. The van der Waals surface area contributed by atoms with Gasteiger partial charge >= 0.3 is 12.2 Å². The molecule has 3 N–H and O–H groups in total. The summed E-state index contributed by atoms with van der Waals surface area (Å²) in [4.78, 5) is 38.2. The van der Waals surface area contributed by atoms with Crippen LogP contribution in [-0.2, 0) is 4.74 Å². The van der Waals surface area contributed by atoms with Crippen LogP contribution in [0, 0.1) is 12.8 Å². The summed E-state index contributed by atoms with van der Waals surface area (Å²) in [6, 6.07) is 0.592. The number of nitrogens with one attached hydrogen (secondary N) is 3. The van der Waals surface area contributed by atoms with Crippen LogP contribution < -0.4 is 10.6 Å². The lowest BCUT2D eigenvalue weighted by molar-refractivity contribution is -0.265. The van der Waals surface area contributed by atoms with Gasteiger partial charge in [0.25, 0.3) is 11.8 Å². The van der Waals surface area contributed by atoms with Crippen LogP contribution in [0.1, 0.15) is 66.5 Å². The van der Waals surface area contributed by atoms with Crippen molar-refractivity contribution in [2.45, 2.75) is 63.4 Å². The summed E-state index contributed by atoms with van der Waals surface area (Å²) in [7, 11) is 0. The zero-order valence-corrected chi connectivity index (χ0v) is 22.2. The van der Waals surface area contributed by atoms with Gasteiger partial charge in [-0.25, -0.2) is 28.2 Å². The second-order valence-electron chi connectivity index (χ2n) is 10.7. The Balaban J connectivity index is 1.45. The average Bonchev–Trinajstić information content (AvgIpc) is 3.46. The molecule has 1 aliphatic heterocycles. The number of hydrogen-bond acceptors (Lipinski definition) is 8. The smallest absolute Gasteiger partial charge is 0.364 e. The maximum atomic E-state index is 14.2. The summed E-state index contributed by atoms with van der Waals surface area (Å²) >= 11 is 0. The lowest BCUT2D eigenvalue weighted by Crippen LogP contribution is -2.58. The van der Waals surface area contributed by atoms with Gasteiger partial charge < -0.3 is 25.3 Å². The third-order valence-corrected chi connectivity index (χ3v) is 7.05. The Morgan fingerprint density at radius 3 is 2.61 bits per heavy atom. The van der Waals surface area contributed by atoms with E-state index in [2.05, 4.69) is 40.5 Å². The lowest BCUT2D eigenvalue weighted by atomic mass is 10.0. The first-order chi connectivity index (χ1) is 19.1. The topological polar surface area (TPSA) is 151 Å². The minimum absolute atomic E-state index is 0.0234. The van der Waals surface area contributed by atoms with Crippen LogP contribution in [-0.4, -0.2) is 79.5 Å². The molecule has 4 heterocycles. The molecule has 1 aliphatic carbocycles. The number of amides is 3. The number of hydrogen-bond donors (Lipinski definition) is 3. The second-order valence-corrected chi connectivity index (χ2v) is 10.7. The third kappa shape index (κ3) is 5.94. The van der Waals surface area contributed by atoms with Gasteiger partial charge in [-0.2, -0.15) is 13.2 Å². The van der Waals surface area contributed by atoms with Crippen molar-refractivity contribution in [2.75, 3.05) is 19.7 Å². The van der Waals surface area contributed by atoms with E-state index in [0.29, 0.717) is 11.2 Å². The molecule has 2 aliphatic rings. The van der Waals surface area contributed by atoms with Crippen molar-refractivity contribution >= 4 is 23.1 Å². The molecule has 41 heavy (non-hydrogen) atoms. The van der Waals surface area contributed by atoms with E-state index in [-0.39, 0.29) is 28.8 Å². The number of nitrogens with zero attached hydrogens (tertiary/aromatic N) is 5. The number of aryl methyl sites for hydroxylation is 1. The Kier molecular flexibility index (Phi) is 7.11. The highest BCUT2D eigenvalue weighted by Gasteiger charge is 2.49. The predicted molar refractivity (Wildman–Crippen MR) is 130 cm³/mol. The van der Waals surface area contributed by atoms with Crippen molar-refractivity contribution in [1.29, 1.82) is 0 Å². The first-order valence-electron chi connectivity index (χ1n) is 12.7. The maximum absolute atomic E-state index is 14.2. The molecule has 12 nitrogen and oxygen atoms in total. The van der Waals surface area contributed by atoms with Crippen LogP contribution in [0.3, 0.4) is 0 Å². The molecule has 0 radical (unpaired) electrons.